The van der Waals surface area contributed by atoms with E-state index in [0.717, 1.165) is 0 Å². The second kappa shape index (κ2) is 12.3. The zero-order chi connectivity index (χ0) is 22.7. The zero-order valence-corrected chi connectivity index (χ0v) is 18.3. The number of carbonyl (C=O) groups excluding carboxylic acids is 4. The number of carbonyl (C=O) groups is 4. The summed E-state index contributed by atoms with van der Waals surface area (Å²) in [5, 5.41) is 7.63. The molecule has 0 heterocycles. The summed E-state index contributed by atoms with van der Waals surface area (Å²) >= 11 is 0. The van der Waals surface area contributed by atoms with E-state index < -0.39 is 41.1 Å². The molecule has 0 aliphatic rings. The first kappa shape index (κ1) is 26.6. The smallest absolute Gasteiger partial charge is 0.407 e. The molecule has 10 heteroatoms. The van der Waals surface area contributed by atoms with Crippen LogP contribution in [0, 0.1) is 0 Å². The normalized spacial score (nSPS) is 12.5. The predicted octanol–water partition coefficient (Wildman–Crippen LogP) is 0.583. The molecule has 0 bridgehead atoms. The summed E-state index contributed by atoms with van der Waals surface area (Å²) in [6.07, 6.45) is 1.14. The maximum Gasteiger partial charge on any atom is 0.407 e. The summed E-state index contributed by atoms with van der Waals surface area (Å²) in [5.41, 5.74) is 4.09. The minimum Gasteiger partial charge on any atom is -0.465 e. The number of esters is 1. The predicted molar refractivity (Wildman–Crippen MR) is 108 cm³/mol. The molecule has 0 rings (SSSR count). The lowest BCUT2D eigenvalue weighted by Gasteiger charge is -2.26. The van der Waals surface area contributed by atoms with E-state index in [1.165, 1.54) is 13.8 Å². The summed E-state index contributed by atoms with van der Waals surface area (Å²) in [7, 11) is 0. The molecule has 168 valence electrons. The van der Waals surface area contributed by atoms with E-state index in [1.807, 2.05) is 0 Å². The average Bonchev–Trinajstić information content (AvgIpc) is 2.57. The minimum absolute atomic E-state index is 0.219. The molecule has 0 aliphatic carbocycles. The van der Waals surface area contributed by atoms with Crippen LogP contribution in [-0.4, -0.2) is 60.8 Å². The molecule has 0 aromatic heterocycles. The molecule has 0 saturated carbocycles. The molecule has 0 unspecified atom stereocenters. The molecule has 0 spiro atoms. The van der Waals surface area contributed by atoms with Gasteiger partial charge in [-0.05, 0) is 60.8 Å². The van der Waals surface area contributed by atoms with Crippen LogP contribution in [0.4, 0.5) is 4.79 Å². The van der Waals surface area contributed by atoms with Gasteiger partial charge < -0.3 is 31.2 Å². The van der Waals surface area contributed by atoms with E-state index >= 15 is 0 Å². The molecule has 10 nitrogen and oxygen atoms in total. The van der Waals surface area contributed by atoms with E-state index in [4.69, 9.17) is 15.2 Å². The Morgan fingerprint density at radius 1 is 1.00 bits per heavy atom. The van der Waals surface area contributed by atoms with Crippen LogP contribution in [0.25, 0.3) is 0 Å². The van der Waals surface area contributed by atoms with Crippen LogP contribution < -0.4 is 21.7 Å². The Hall–Kier alpha value is -2.36. The van der Waals surface area contributed by atoms with E-state index in [0.29, 0.717) is 25.8 Å². The highest BCUT2D eigenvalue weighted by Gasteiger charge is 2.31. The number of nitrogens with two attached hydrogens (primary N) is 1. The Balaban J connectivity index is 4.20. The van der Waals surface area contributed by atoms with Crippen molar-refractivity contribution in [2.75, 3.05) is 19.7 Å². The van der Waals surface area contributed by atoms with Crippen molar-refractivity contribution in [3.63, 3.8) is 0 Å². The van der Waals surface area contributed by atoms with Gasteiger partial charge in [0.1, 0.15) is 17.7 Å². The lowest BCUT2D eigenvalue weighted by molar-refractivity contribution is -0.144. The van der Waals surface area contributed by atoms with Gasteiger partial charge in [-0.2, -0.15) is 0 Å². The van der Waals surface area contributed by atoms with Gasteiger partial charge >= 0.3 is 12.1 Å². The van der Waals surface area contributed by atoms with Crippen LogP contribution in [0.2, 0.25) is 0 Å². The van der Waals surface area contributed by atoms with Crippen LogP contribution in [-0.2, 0) is 23.9 Å². The van der Waals surface area contributed by atoms with E-state index in [2.05, 4.69) is 16.0 Å². The molecular weight excluding hydrogens is 380 g/mol. The van der Waals surface area contributed by atoms with Gasteiger partial charge in [-0.25, -0.2) is 4.79 Å². The Bertz CT molecular complexity index is 572. The van der Waals surface area contributed by atoms with Crippen LogP contribution in [0.1, 0.15) is 60.8 Å². The fourth-order valence-electron chi connectivity index (χ4n) is 2.17. The maximum atomic E-state index is 12.2. The Morgan fingerprint density at radius 3 is 2.17 bits per heavy atom. The molecule has 0 aromatic rings. The van der Waals surface area contributed by atoms with Gasteiger partial charge in [0.15, 0.2) is 0 Å². The SMILES string of the molecule is CCOC(=O)CNC(=O)C(C)(C)NC(=O)[C@@H](N)CCCCNC(=O)OC(C)(C)C. The van der Waals surface area contributed by atoms with Crippen molar-refractivity contribution >= 4 is 23.9 Å². The van der Waals surface area contributed by atoms with Crippen LogP contribution >= 0.6 is 0 Å². The van der Waals surface area contributed by atoms with Gasteiger partial charge in [-0.3, -0.25) is 14.4 Å². The molecule has 0 fully saturated rings. The van der Waals surface area contributed by atoms with Crippen molar-refractivity contribution in [2.45, 2.75) is 78.0 Å². The summed E-state index contributed by atoms with van der Waals surface area (Å²) in [6.45, 7) is 10.4. The Morgan fingerprint density at radius 2 is 1.62 bits per heavy atom. The van der Waals surface area contributed by atoms with Crippen molar-refractivity contribution < 1.29 is 28.7 Å². The number of nitrogens with one attached hydrogen (secondary N) is 3. The molecule has 1 atom stereocenters. The van der Waals surface area contributed by atoms with E-state index in [9.17, 15) is 19.2 Å². The monoisotopic (exact) mass is 416 g/mol. The fourth-order valence-corrected chi connectivity index (χ4v) is 2.17. The minimum atomic E-state index is -1.24. The van der Waals surface area contributed by atoms with Crippen molar-refractivity contribution in [1.29, 1.82) is 0 Å². The van der Waals surface area contributed by atoms with Gasteiger partial charge in [-0.1, -0.05) is 0 Å². The highest BCUT2D eigenvalue weighted by molar-refractivity contribution is 5.93. The molecule has 0 aliphatic heterocycles. The second-order valence-electron chi connectivity index (χ2n) is 8.13. The van der Waals surface area contributed by atoms with Crippen LogP contribution in [0.15, 0.2) is 0 Å². The van der Waals surface area contributed by atoms with Crippen molar-refractivity contribution in [2.24, 2.45) is 5.73 Å². The fraction of sp³-hybridized carbons (Fsp3) is 0.789. The maximum absolute atomic E-state index is 12.2. The number of amides is 3. The first-order chi connectivity index (χ1) is 13.3. The highest BCUT2D eigenvalue weighted by Crippen LogP contribution is 2.07. The number of alkyl carbamates (subject to hydrolysis) is 1. The largest absolute Gasteiger partial charge is 0.465 e. The topological polar surface area (TPSA) is 149 Å². The van der Waals surface area contributed by atoms with Crippen molar-refractivity contribution in [1.82, 2.24) is 16.0 Å². The van der Waals surface area contributed by atoms with E-state index in [1.54, 1.807) is 27.7 Å². The standard InChI is InChI=1S/C19H36N4O6/c1-7-28-14(24)12-22-16(26)19(5,6)23-15(25)13(20)10-8-9-11-21-17(27)29-18(2,3)4/h13H,7-12,20H2,1-6H3,(H,21,27)(H,22,26)(H,23,25)/t13-/m0/s1. The third kappa shape index (κ3) is 12.7. The lowest BCUT2D eigenvalue weighted by Crippen LogP contribution is -2.58. The lowest BCUT2D eigenvalue weighted by atomic mass is 10.0. The van der Waals surface area contributed by atoms with Gasteiger partial charge in [-0.15, -0.1) is 0 Å². The number of hydrogen-bond donors (Lipinski definition) is 4. The summed E-state index contributed by atoms with van der Waals surface area (Å²) in [4.78, 5) is 47.2. The average molecular weight is 417 g/mol. The summed E-state index contributed by atoms with van der Waals surface area (Å²) in [5.74, 6) is -1.55. The summed E-state index contributed by atoms with van der Waals surface area (Å²) in [6, 6.07) is -0.798. The van der Waals surface area contributed by atoms with Crippen molar-refractivity contribution in [3.05, 3.63) is 0 Å². The first-order valence-corrected chi connectivity index (χ1v) is 9.77. The number of rotatable bonds is 11. The number of ether oxygens (including phenoxy) is 2. The quantitative estimate of drug-likeness (QED) is 0.284. The van der Waals surface area contributed by atoms with Crippen LogP contribution in [0.5, 0.6) is 0 Å². The third-order valence-electron chi connectivity index (χ3n) is 3.65. The van der Waals surface area contributed by atoms with Gasteiger partial charge in [0, 0.05) is 6.54 Å². The molecule has 5 N–H and O–H groups in total. The molecule has 0 aromatic carbocycles. The van der Waals surface area contributed by atoms with Crippen LogP contribution in [0.3, 0.4) is 0 Å². The first-order valence-electron chi connectivity index (χ1n) is 9.77. The molecule has 0 radical (unpaired) electrons. The Labute approximate surface area is 172 Å². The van der Waals surface area contributed by atoms with Gasteiger partial charge in [0.05, 0.1) is 12.6 Å². The molecule has 3 amide bonds. The van der Waals surface area contributed by atoms with E-state index in [-0.39, 0.29) is 13.2 Å². The molecule has 0 saturated heterocycles. The molecule has 29 heavy (non-hydrogen) atoms. The zero-order valence-electron chi connectivity index (χ0n) is 18.3. The van der Waals surface area contributed by atoms with Gasteiger partial charge in [0.2, 0.25) is 11.8 Å². The second-order valence-corrected chi connectivity index (χ2v) is 8.13. The molecular formula is C19H36N4O6. The highest BCUT2D eigenvalue weighted by atomic mass is 16.6. The van der Waals surface area contributed by atoms with Gasteiger partial charge in [0.25, 0.3) is 0 Å². The van der Waals surface area contributed by atoms with Crippen molar-refractivity contribution in [3.8, 4) is 0 Å². The number of hydrogen-bond acceptors (Lipinski definition) is 7. The summed E-state index contributed by atoms with van der Waals surface area (Å²) < 4.78 is 9.86. The number of unbranched alkanes of at least 4 members (excludes halogenated alkanes) is 1. The Kier molecular flexibility index (Phi) is 11.3. The third-order valence-corrected chi connectivity index (χ3v) is 3.65.